The third-order valence-electron chi connectivity index (χ3n) is 5.90. The summed E-state index contributed by atoms with van der Waals surface area (Å²) in [7, 11) is -3.37. The maximum absolute atomic E-state index is 13.0. The minimum Gasteiger partial charge on any atom is -0.349 e. The smallest absolute Gasteiger partial charge is 0.223 e. The highest BCUT2D eigenvalue weighted by Crippen LogP contribution is 2.27. The Labute approximate surface area is 180 Å². The number of nitrogens with zero attached hydrogens (tertiary/aromatic N) is 1. The summed E-state index contributed by atoms with van der Waals surface area (Å²) in [5.74, 6) is 0.143. The largest absolute Gasteiger partial charge is 0.349 e. The summed E-state index contributed by atoms with van der Waals surface area (Å²) in [5, 5.41) is 3.23. The van der Waals surface area contributed by atoms with Crippen molar-refractivity contribution in [1.29, 1.82) is 0 Å². The molecule has 1 amide bonds. The quantitative estimate of drug-likeness (QED) is 0.723. The SMILES string of the molecule is Cc1ccccc1C(NC(=O)C1CCN(S(=O)(=O)Cc2ccccc2)CC1)C(C)C. The fourth-order valence-electron chi connectivity index (χ4n) is 4.08. The lowest BCUT2D eigenvalue weighted by atomic mass is 9.90. The minimum absolute atomic E-state index is 0.00735. The molecule has 1 heterocycles. The molecule has 30 heavy (non-hydrogen) atoms. The van der Waals surface area contributed by atoms with Crippen LogP contribution in [0.2, 0.25) is 0 Å². The Morgan fingerprint density at radius 3 is 2.23 bits per heavy atom. The second kappa shape index (κ2) is 9.75. The molecule has 1 aliphatic heterocycles. The van der Waals surface area contributed by atoms with Crippen LogP contribution < -0.4 is 5.32 Å². The third-order valence-corrected chi connectivity index (χ3v) is 7.75. The van der Waals surface area contributed by atoms with Crippen LogP contribution in [0.5, 0.6) is 0 Å². The molecule has 1 saturated heterocycles. The van der Waals surface area contributed by atoms with E-state index in [-0.39, 0.29) is 29.5 Å². The molecule has 2 aromatic rings. The van der Waals surface area contributed by atoms with Crippen molar-refractivity contribution in [3.05, 3.63) is 71.3 Å². The second-order valence-electron chi connectivity index (χ2n) is 8.50. The van der Waals surface area contributed by atoms with E-state index in [2.05, 4.69) is 38.2 Å². The number of nitrogens with one attached hydrogen (secondary N) is 1. The zero-order valence-electron chi connectivity index (χ0n) is 18.0. The number of piperidine rings is 1. The number of benzene rings is 2. The second-order valence-corrected chi connectivity index (χ2v) is 10.5. The number of aryl methyl sites for hydroxylation is 1. The van der Waals surface area contributed by atoms with E-state index in [1.165, 1.54) is 9.87 Å². The van der Waals surface area contributed by atoms with Crippen molar-refractivity contribution >= 4 is 15.9 Å². The Balaban J connectivity index is 1.60. The molecule has 3 rings (SSSR count). The number of rotatable bonds is 7. The van der Waals surface area contributed by atoms with Crippen LogP contribution >= 0.6 is 0 Å². The predicted molar refractivity (Wildman–Crippen MR) is 120 cm³/mol. The Morgan fingerprint density at radius 2 is 1.63 bits per heavy atom. The molecule has 1 aliphatic rings. The van der Waals surface area contributed by atoms with Crippen molar-refractivity contribution in [1.82, 2.24) is 9.62 Å². The van der Waals surface area contributed by atoms with Crippen LogP contribution in [0.25, 0.3) is 0 Å². The molecule has 1 N–H and O–H groups in total. The number of sulfonamides is 1. The van der Waals surface area contributed by atoms with Crippen molar-refractivity contribution in [2.75, 3.05) is 13.1 Å². The van der Waals surface area contributed by atoms with E-state index < -0.39 is 10.0 Å². The summed E-state index contributed by atoms with van der Waals surface area (Å²) in [6.07, 6.45) is 1.11. The highest BCUT2D eigenvalue weighted by atomic mass is 32.2. The van der Waals surface area contributed by atoms with Gasteiger partial charge in [0.05, 0.1) is 11.8 Å². The Morgan fingerprint density at radius 1 is 1.03 bits per heavy atom. The van der Waals surface area contributed by atoms with Crippen LogP contribution in [0.3, 0.4) is 0 Å². The van der Waals surface area contributed by atoms with Crippen LogP contribution in [0, 0.1) is 18.8 Å². The van der Waals surface area contributed by atoms with Gasteiger partial charge in [0.1, 0.15) is 0 Å². The van der Waals surface area contributed by atoms with Crippen molar-refractivity contribution in [3.8, 4) is 0 Å². The average Bonchev–Trinajstić information content (AvgIpc) is 2.73. The lowest BCUT2D eigenvalue weighted by Gasteiger charge is -2.32. The number of carbonyl (C=O) groups excluding carboxylic acids is 1. The summed E-state index contributed by atoms with van der Waals surface area (Å²) in [4.78, 5) is 13.0. The Kier molecular flexibility index (Phi) is 7.32. The van der Waals surface area contributed by atoms with E-state index in [0.717, 1.165) is 11.1 Å². The maximum Gasteiger partial charge on any atom is 0.223 e. The van der Waals surface area contributed by atoms with E-state index in [0.29, 0.717) is 25.9 Å². The van der Waals surface area contributed by atoms with Gasteiger partial charge in [-0.15, -0.1) is 0 Å². The first kappa shape index (κ1) is 22.5. The maximum atomic E-state index is 13.0. The first-order chi connectivity index (χ1) is 14.3. The van der Waals surface area contributed by atoms with Crippen LogP contribution in [0.1, 0.15) is 49.4 Å². The van der Waals surface area contributed by atoms with Gasteiger partial charge in [0.2, 0.25) is 15.9 Å². The number of hydrogen-bond acceptors (Lipinski definition) is 3. The molecule has 1 fully saturated rings. The van der Waals surface area contributed by atoms with Gasteiger partial charge >= 0.3 is 0 Å². The summed E-state index contributed by atoms with van der Waals surface area (Å²) < 4.78 is 27.0. The molecule has 162 valence electrons. The van der Waals surface area contributed by atoms with E-state index >= 15 is 0 Å². The summed E-state index contributed by atoms with van der Waals surface area (Å²) >= 11 is 0. The lowest BCUT2D eigenvalue weighted by molar-refractivity contribution is -0.127. The molecule has 6 heteroatoms. The van der Waals surface area contributed by atoms with Gasteiger partial charge in [0.15, 0.2) is 0 Å². The van der Waals surface area contributed by atoms with Crippen LogP contribution in [0.4, 0.5) is 0 Å². The molecule has 0 aliphatic carbocycles. The zero-order valence-corrected chi connectivity index (χ0v) is 18.9. The molecule has 1 unspecified atom stereocenters. The predicted octanol–water partition coefficient (Wildman–Crippen LogP) is 4.05. The van der Waals surface area contributed by atoms with Crippen molar-refractivity contribution in [3.63, 3.8) is 0 Å². The van der Waals surface area contributed by atoms with Crippen LogP contribution in [-0.2, 0) is 20.6 Å². The molecule has 1 atom stereocenters. The summed E-state index contributed by atoms with van der Waals surface area (Å²) in [5.41, 5.74) is 3.09. The van der Waals surface area contributed by atoms with Gasteiger partial charge in [-0.05, 0) is 42.4 Å². The van der Waals surface area contributed by atoms with Gasteiger partial charge in [0, 0.05) is 19.0 Å². The summed E-state index contributed by atoms with van der Waals surface area (Å²) in [6.45, 7) is 7.06. The van der Waals surface area contributed by atoms with Gasteiger partial charge in [-0.25, -0.2) is 12.7 Å². The number of carbonyl (C=O) groups is 1. The third kappa shape index (κ3) is 5.49. The molecule has 0 aromatic heterocycles. The van der Waals surface area contributed by atoms with Crippen molar-refractivity contribution in [2.24, 2.45) is 11.8 Å². The molecule has 0 saturated carbocycles. The van der Waals surface area contributed by atoms with Gasteiger partial charge in [0.25, 0.3) is 0 Å². The van der Waals surface area contributed by atoms with Crippen molar-refractivity contribution in [2.45, 2.75) is 45.4 Å². The molecule has 0 bridgehead atoms. The monoisotopic (exact) mass is 428 g/mol. The van der Waals surface area contributed by atoms with E-state index in [1.54, 1.807) is 0 Å². The highest BCUT2D eigenvalue weighted by Gasteiger charge is 2.32. The van der Waals surface area contributed by atoms with Crippen molar-refractivity contribution < 1.29 is 13.2 Å². The Hall–Kier alpha value is -2.18. The summed E-state index contributed by atoms with van der Waals surface area (Å²) in [6, 6.07) is 17.3. The lowest BCUT2D eigenvalue weighted by Crippen LogP contribution is -2.44. The van der Waals surface area contributed by atoms with Gasteiger partial charge in [-0.1, -0.05) is 68.4 Å². The highest BCUT2D eigenvalue weighted by molar-refractivity contribution is 7.88. The molecular formula is C24H32N2O3S. The van der Waals surface area contributed by atoms with Gasteiger partial charge in [-0.3, -0.25) is 4.79 Å². The zero-order chi connectivity index (χ0) is 21.7. The number of amides is 1. The molecule has 0 radical (unpaired) electrons. The fourth-order valence-corrected chi connectivity index (χ4v) is 5.65. The fraction of sp³-hybridized carbons (Fsp3) is 0.458. The average molecular weight is 429 g/mol. The Bertz CT molecular complexity index is 949. The van der Waals surface area contributed by atoms with E-state index in [4.69, 9.17) is 0 Å². The van der Waals surface area contributed by atoms with Gasteiger partial charge in [-0.2, -0.15) is 0 Å². The molecular weight excluding hydrogens is 396 g/mol. The molecule has 0 spiro atoms. The van der Waals surface area contributed by atoms with E-state index in [1.807, 2.05) is 42.5 Å². The number of hydrogen-bond donors (Lipinski definition) is 1. The molecule has 2 aromatic carbocycles. The first-order valence-electron chi connectivity index (χ1n) is 10.7. The molecule has 5 nitrogen and oxygen atoms in total. The first-order valence-corrected chi connectivity index (χ1v) is 12.3. The minimum atomic E-state index is -3.37. The normalized spacial score (nSPS) is 17.1. The van der Waals surface area contributed by atoms with Crippen LogP contribution in [-0.4, -0.2) is 31.7 Å². The van der Waals surface area contributed by atoms with Crippen LogP contribution in [0.15, 0.2) is 54.6 Å². The standard InChI is InChI=1S/C24H32N2O3S/c1-18(2)23(22-12-8-7-9-19(22)3)25-24(27)21-13-15-26(16-14-21)30(28,29)17-20-10-5-4-6-11-20/h4-12,18,21,23H,13-17H2,1-3H3,(H,25,27). The van der Waals surface area contributed by atoms with E-state index in [9.17, 15) is 13.2 Å². The topological polar surface area (TPSA) is 66.5 Å². The van der Waals surface area contributed by atoms with Gasteiger partial charge < -0.3 is 5.32 Å².